The highest BCUT2D eigenvalue weighted by Crippen LogP contribution is 2.16. The molecule has 0 saturated heterocycles. The minimum atomic E-state index is -1.16. The van der Waals surface area contributed by atoms with E-state index in [1.807, 2.05) is 13.0 Å². The molecule has 0 aliphatic rings. The van der Waals surface area contributed by atoms with Gasteiger partial charge in [-0.15, -0.1) is 0 Å². The maximum absolute atomic E-state index is 11.7. The van der Waals surface area contributed by atoms with E-state index in [1.54, 1.807) is 19.2 Å². The molecule has 0 heterocycles. The molecule has 106 valence electrons. The summed E-state index contributed by atoms with van der Waals surface area (Å²) in [4.78, 5) is 11.7. The summed E-state index contributed by atoms with van der Waals surface area (Å²) in [6, 6.07) is 5.30. The lowest BCUT2D eigenvalue weighted by Crippen LogP contribution is -2.21. The minimum Gasteiger partial charge on any atom is -0.398 e. The van der Waals surface area contributed by atoms with Crippen LogP contribution in [-0.4, -0.2) is 35.3 Å². The number of carbonyl (C=O) groups excluding carboxylic acids is 1. The number of hydrogen-bond donors (Lipinski definition) is 2. The molecule has 1 unspecified atom stereocenters. The van der Waals surface area contributed by atoms with Gasteiger partial charge >= 0.3 is 0 Å². The molecule has 0 aliphatic heterocycles. The van der Waals surface area contributed by atoms with Crippen LogP contribution in [0.2, 0.25) is 0 Å². The largest absolute Gasteiger partial charge is 0.398 e. The van der Waals surface area contributed by atoms with E-state index in [9.17, 15) is 9.00 Å². The molecule has 5 nitrogen and oxygen atoms in total. The molecule has 1 aromatic carbocycles. The lowest BCUT2D eigenvalue weighted by atomic mass is 10.2. The van der Waals surface area contributed by atoms with Gasteiger partial charge < -0.3 is 15.8 Å². The topological polar surface area (TPSA) is 81.4 Å². The Bertz CT molecular complexity index is 463. The molecule has 1 atom stereocenters. The summed E-state index contributed by atoms with van der Waals surface area (Å²) in [5.74, 6) is 0.202. The van der Waals surface area contributed by atoms with E-state index in [0.29, 0.717) is 30.2 Å². The third-order valence-corrected chi connectivity index (χ3v) is 3.90. The van der Waals surface area contributed by atoms with Crippen molar-refractivity contribution in [3.8, 4) is 0 Å². The van der Waals surface area contributed by atoms with Crippen molar-refractivity contribution in [1.29, 1.82) is 0 Å². The summed E-state index contributed by atoms with van der Waals surface area (Å²) < 4.78 is 16.5. The maximum atomic E-state index is 11.7. The second kappa shape index (κ2) is 7.91. The number of methoxy groups -OCH3 is 1. The van der Waals surface area contributed by atoms with Crippen molar-refractivity contribution in [2.45, 2.75) is 13.3 Å². The van der Waals surface area contributed by atoms with E-state index in [2.05, 4.69) is 5.32 Å². The molecular formula is C13H20N2O3S. The molecule has 0 aromatic heterocycles. The number of nitrogens with two attached hydrogens (primary N) is 1. The third-order valence-electron chi connectivity index (χ3n) is 2.58. The molecule has 3 N–H and O–H groups in total. The second-order valence-corrected chi connectivity index (χ2v) is 5.83. The van der Waals surface area contributed by atoms with Crippen molar-refractivity contribution in [1.82, 2.24) is 0 Å². The van der Waals surface area contributed by atoms with Crippen molar-refractivity contribution in [2.75, 3.05) is 36.3 Å². The fourth-order valence-electron chi connectivity index (χ4n) is 1.50. The smallest absolute Gasteiger partial charge is 0.236 e. The molecule has 0 fully saturated rings. The highest BCUT2D eigenvalue weighted by atomic mass is 32.2. The van der Waals surface area contributed by atoms with Gasteiger partial charge in [-0.3, -0.25) is 9.00 Å². The van der Waals surface area contributed by atoms with Gasteiger partial charge in [-0.2, -0.15) is 0 Å². The lowest BCUT2D eigenvalue weighted by molar-refractivity contribution is -0.113. The van der Waals surface area contributed by atoms with Crippen molar-refractivity contribution in [3.63, 3.8) is 0 Å². The predicted molar refractivity (Wildman–Crippen MR) is 78.6 cm³/mol. The van der Waals surface area contributed by atoms with Gasteiger partial charge in [-0.05, 0) is 31.0 Å². The molecule has 6 heteroatoms. The van der Waals surface area contributed by atoms with Crippen molar-refractivity contribution >= 4 is 28.1 Å². The van der Waals surface area contributed by atoms with Crippen LogP contribution in [0, 0.1) is 6.92 Å². The van der Waals surface area contributed by atoms with E-state index < -0.39 is 10.8 Å². The predicted octanol–water partition coefficient (Wildman–Crippen LogP) is 1.30. The normalized spacial score (nSPS) is 12.1. The van der Waals surface area contributed by atoms with Gasteiger partial charge in [0, 0.05) is 41.6 Å². The summed E-state index contributed by atoms with van der Waals surface area (Å²) in [7, 11) is 0.436. The zero-order valence-corrected chi connectivity index (χ0v) is 12.1. The van der Waals surface area contributed by atoms with Gasteiger partial charge in [0.2, 0.25) is 5.91 Å². The van der Waals surface area contributed by atoms with Gasteiger partial charge in [0.25, 0.3) is 0 Å². The number of aryl methyl sites for hydroxylation is 1. The molecule has 19 heavy (non-hydrogen) atoms. The molecular weight excluding hydrogens is 264 g/mol. The first-order valence-corrected chi connectivity index (χ1v) is 7.51. The monoisotopic (exact) mass is 284 g/mol. The van der Waals surface area contributed by atoms with Crippen LogP contribution in [-0.2, 0) is 20.3 Å². The zero-order chi connectivity index (χ0) is 14.3. The quantitative estimate of drug-likeness (QED) is 0.584. The zero-order valence-electron chi connectivity index (χ0n) is 11.3. The summed E-state index contributed by atoms with van der Waals surface area (Å²) in [6.45, 7) is 2.45. The highest BCUT2D eigenvalue weighted by Gasteiger charge is 2.08. The number of benzene rings is 1. The average molecular weight is 284 g/mol. The van der Waals surface area contributed by atoms with Crippen LogP contribution in [0.4, 0.5) is 11.4 Å². The molecule has 1 amide bonds. The number of anilines is 2. The summed E-state index contributed by atoms with van der Waals surface area (Å²) in [5.41, 5.74) is 7.96. The summed E-state index contributed by atoms with van der Waals surface area (Å²) in [6.07, 6.45) is 0.688. The van der Waals surface area contributed by atoms with Gasteiger partial charge in [0.1, 0.15) is 5.75 Å². The standard InChI is InChI=1S/C13H20N2O3S/c1-10-4-5-11(8-12(10)14)15-13(16)9-19(17)7-3-6-18-2/h4-5,8H,3,6-7,9,14H2,1-2H3,(H,15,16). The Morgan fingerprint density at radius 3 is 2.84 bits per heavy atom. The number of amides is 1. The molecule has 1 rings (SSSR count). The lowest BCUT2D eigenvalue weighted by Gasteiger charge is -2.07. The van der Waals surface area contributed by atoms with Crippen LogP contribution in [0.25, 0.3) is 0 Å². The van der Waals surface area contributed by atoms with Gasteiger partial charge in [-0.25, -0.2) is 0 Å². The Balaban J connectivity index is 2.42. The highest BCUT2D eigenvalue weighted by molar-refractivity contribution is 7.85. The Kier molecular flexibility index (Phi) is 6.52. The fourth-order valence-corrected chi connectivity index (χ4v) is 2.45. The van der Waals surface area contributed by atoms with Crippen molar-refractivity contribution < 1.29 is 13.7 Å². The van der Waals surface area contributed by atoms with Crippen LogP contribution in [0.5, 0.6) is 0 Å². The Hall–Kier alpha value is -1.40. The van der Waals surface area contributed by atoms with Crippen LogP contribution in [0.3, 0.4) is 0 Å². The molecule has 0 aliphatic carbocycles. The summed E-state index contributed by atoms with van der Waals surface area (Å²) >= 11 is 0. The number of hydrogen-bond acceptors (Lipinski definition) is 4. The van der Waals surface area contributed by atoms with Crippen LogP contribution in [0.1, 0.15) is 12.0 Å². The first-order chi connectivity index (χ1) is 9.02. The van der Waals surface area contributed by atoms with Crippen LogP contribution >= 0.6 is 0 Å². The van der Waals surface area contributed by atoms with Gasteiger partial charge in [-0.1, -0.05) is 6.07 Å². The fraction of sp³-hybridized carbons (Fsp3) is 0.462. The number of nitrogens with one attached hydrogen (secondary N) is 1. The van der Waals surface area contributed by atoms with E-state index >= 15 is 0 Å². The minimum absolute atomic E-state index is 0.00248. The SMILES string of the molecule is COCCCS(=O)CC(=O)Nc1ccc(C)c(N)c1. The summed E-state index contributed by atoms with van der Waals surface area (Å²) in [5, 5.41) is 2.69. The number of nitrogen functional groups attached to an aromatic ring is 1. The Morgan fingerprint density at radius 1 is 1.47 bits per heavy atom. The van der Waals surface area contributed by atoms with E-state index in [0.717, 1.165) is 5.56 Å². The molecule has 0 spiro atoms. The van der Waals surface area contributed by atoms with Crippen molar-refractivity contribution in [2.24, 2.45) is 0 Å². The van der Waals surface area contributed by atoms with Crippen LogP contribution in [0.15, 0.2) is 18.2 Å². The van der Waals surface area contributed by atoms with E-state index in [4.69, 9.17) is 10.5 Å². The number of ether oxygens (including phenoxy) is 1. The third kappa shape index (κ3) is 5.85. The first-order valence-electron chi connectivity index (χ1n) is 6.03. The maximum Gasteiger partial charge on any atom is 0.236 e. The van der Waals surface area contributed by atoms with E-state index in [-0.39, 0.29) is 11.7 Å². The average Bonchev–Trinajstić information content (AvgIpc) is 2.34. The molecule has 0 radical (unpaired) electrons. The number of carbonyl (C=O) groups is 1. The molecule has 0 saturated carbocycles. The van der Waals surface area contributed by atoms with Crippen LogP contribution < -0.4 is 11.1 Å². The van der Waals surface area contributed by atoms with Gasteiger partial charge in [0.15, 0.2) is 0 Å². The van der Waals surface area contributed by atoms with Gasteiger partial charge in [0.05, 0.1) is 0 Å². The second-order valence-electron chi connectivity index (χ2n) is 4.25. The number of rotatable bonds is 7. The first kappa shape index (κ1) is 15.7. The molecule has 0 bridgehead atoms. The Morgan fingerprint density at radius 2 is 2.21 bits per heavy atom. The molecule has 1 aromatic rings. The van der Waals surface area contributed by atoms with Crippen molar-refractivity contribution in [3.05, 3.63) is 23.8 Å². The van der Waals surface area contributed by atoms with E-state index in [1.165, 1.54) is 0 Å². The Labute approximate surface area is 116 Å².